The van der Waals surface area contributed by atoms with Gasteiger partial charge in [0.2, 0.25) is 17.2 Å². The number of azo groups is 1. The molecule has 0 saturated carbocycles. The average molecular weight is 765 g/mol. The highest BCUT2D eigenvalue weighted by Crippen LogP contribution is 2.44. The third kappa shape index (κ3) is 8.74. The topological polar surface area (TPSA) is 308 Å². The number of nitrogens with one attached hydrogen (secondary N) is 1. The Labute approximate surface area is 282 Å². The number of phenols is 1. The highest BCUT2D eigenvalue weighted by atomic mass is 35.5. The number of nitrogens with zero attached hydrogens (tertiary/aromatic N) is 6. The van der Waals surface area contributed by atoms with Gasteiger partial charge in [-0.05, 0) is 47.3 Å². The summed E-state index contributed by atoms with van der Waals surface area (Å²) >= 11 is 7.56. The van der Waals surface area contributed by atoms with Crippen LogP contribution in [0, 0.1) is 0 Å². The highest BCUT2D eigenvalue weighted by molar-refractivity contribution is 7.99. The minimum Gasteiger partial charge on any atom is -0.507 e. The number of fused-ring (bicyclic) bond motifs is 1. The molecular formula is C24H25ClN8O11S4. The number of anilines is 4. The van der Waals surface area contributed by atoms with E-state index >= 15 is 0 Å². The second kappa shape index (κ2) is 14.3. The van der Waals surface area contributed by atoms with E-state index in [4.69, 9.17) is 22.4 Å². The van der Waals surface area contributed by atoms with E-state index in [9.17, 15) is 44.0 Å². The fourth-order valence-corrected chi connectivity index (χ4v) is 6.81. The maximum absolute atomic E-state index is 12.3. The first-order valence-corrected chi connectivity index (χ1v) is 18.8. The number of hydrogen-bond donors (Lipinski definition) is 7. The number of aromatic hydroxyl groups is 1. The number of nitrogen functional groups attached to an aromatic ring is 1. The standard InChI is InChI=1S/C24H25ClN8O11S4/c1-33(4-6-45-7-5-34)24-29-22(25)28-23(30-24)27-13-2-3-15(17(10-13)47(39,40)41)31-32-21-19-12(9-18(20(21)26)48(42,43)44)8-14(11-16(19)35)46(36,37)38/h2-3,8-11,34-35H,4-7,26H2,1H3,(H,36,37,38)(H,39,40,41)(H,42,43,44)(H,27,28,29,30). The monoisotopic (exact) mass is 764 g/mol. The molecule has 0 spiro atoms. The zero-order valence-electron chi connectivity index (χ0n) is 24.2. The number of halogens is 1. The number of phenolic OH excluding ortho intramolecular Hbond substituents is 1. The average Bonchev–Trinajstić information content (AvgIpc) is 2.97. The van der Waals surface area contributed by atoms with Crippen molar-refractivity contribution in [3.05, 3.63) is 41.7 Å². The van der Waals surface area contributed by atoms with E-state index in [-0.39, 0.29) is 40.2 Å². The van der Waals surface area contributed by atoms with Crippen molar-refractivity contribution >= 4 is 99.1 Å². The largest absolute Gasteiger partial charge is 0.507 e. The predicted octanol–water partition coefficient (Wildman–Crippen LogP) is 3.03. The van der Waals surface area contributed by atoms with Gasteiger partial charge in [0.05, 0.1) is 22.6 Å². The summed E-state index contributed by atoms with van der Waals surface area (Å²) in [5.41, 5.74) is 4.01. The fourth-order valence-electron chi connectivity index (χ4n) is 4.08. The SMILES string of the molecule is CN(CCSCCO)c1nc(Cl)nc(Nc2ccc(N=Nc3c(N)c(S(=O)(=O)O)cc4cc(S(=O)(=O)O)cc(O)c34)c(S(=O)(=O)O)c2)n1. The first-order valence-electron chi connectivity index (χ1n) is 13.0. The predicted molar refractivity (Wildman–Crippen MR) is 176 cm³/mol. The van der Waals surface area contributed by atoms with Gasteiger partial charge < -0.3 is 26.2 Å². The minimum absolute atomic E-state index is 0.0182. The summed E-state index contributed by atoms with van der Waals surface area (Å²) in [4.78, 5) is 11.3. The molecule has 0 aliphatic heterocycles. The van der Waals surface area contributed by atoms with Crippen LogP contribution < -0.4 is 16.0 Å². The normalized spacial score (nSPS) is 12.5. The van der Waals surface area contributed by atoms with Gasteiger partial charge in [-0.15, -0.1) is 10.2 Å². The molecule has 0 radical (unpaired) electrons. The summed E-state index contributed by atoms with van der Waals surface area (Å²) in [6.45, 7) is 0.519. The molecule has 8 N–H and O–H groups in total. The van der Waals surface area contributed by atoms with E-state index in [0.717, 1.165) is 18.2 Å². The fraction of sp³-hybridized carbons (Fsp3) is 0.208. The molecule has 24 heteroatoms. The number of nitrogens with two attached hydrogens (primary N) is 1. The van der Waals surface area contributed by atoms with Crippen molar-refractivity contribution in [2.24, 2.45) is 10.2 Å². The van der Waals surface area contributed by atoms with Crippen LogP contribution in [-0.2, 0) is 30.4 Å². The molecule has 0 aliphatic carbocycles. The van der Waals surface area contributed by atoms with Crippen LogP contribution in [0.5, 0.6) is 5.75 Å². The number of aromatic nitrogens is 3. The second-order valence-corrected chi connectivity index (χ2v) is 15.4. The molecule has 4 rings (SSSR count). The van der Waals surface area contributed by atoms with Gasteiger partial charge in [0, 0.05) is 36.9 Å². The summed E-state index contributed by atoms with van der Waals surface area (Å²) in [5.74, 6) is 0.403. The summed E-state index contributed by atoms with van der Waals surface area (Å²) in [7, 11) is -13.3. The molecule has 1 heterocycles. The molecule has 3 aromatic carbocycles. The third-order valence-corrected chi connectivity index (χ3v) is 9.96. The Kier molecular flexibility index (Phi) is 11.0. The van der Waals surface area contributed by atoms with Crippen LogP contribution in [0.3, 0.4) is 0 Å². The number of benzene rings is 3. The van der Waals surface area contributed by atoms with Gasteiger partial charge in [-0.2, -0.15) is 52.0 Å². The summed E-state index contributed by atoms with van der Waals surface area (Å²) < 4.78 is 101. The van der Waals surface area contributed by atoms with Crippen LogP contribution in [0.15, 0.2) is 61.3 Å². The van der Waals surface area contributed by atoms with E-state index in [1.807, 2.05) is 0 Å². The van der Waals surface area contributed by atoms with Gasteiger partial charge in [-0.25, -0.2) is 0 Å². The van der Waals surface area contributed by atoms with E-state index in [0.29, 0.717) is 30.2 Å². The van der Waals surface area contributed by atoms with Crippen LogP contribution in [0.4, 0.5) is 34.6 Å². The molecular weight excluding hydrogens is 740 g/mol. The van der Waals surface area contributed by atoms with Gasteiger partial charge in [-0.3, -0.25) is 13.7 Å². The number of aliphatic hydroxyl groups is 1. The maximum Gasteiger partial charge on any atom is 0.296 e. The molecule has 0 bridgehead atoms. The van der Waals surface area contributed by atoms with Crippen LogP contribution in [-0.4, -0.2) is 95.8 Å². The van der Waals surface area contributed by atoms with E-state index < -0.39 is 67.9 Å². The van der Waals surface area contributed by atoms with Crippen LogP contribution in [0.25, 0.3) is 10.8 Å². The van der Waals surface area contributed by atoms with E-state index in [2.05, 4.69) is 30.5 Å². The molecule has 0 fully saturated rings. The van der Waals surface area contributed by atoms with E-state index in [1.165, 1.54) is 17.8 Å². The minimum atomic E-state index is -5.08. The lowest BCUT2D eigenvalue weighted by atomic mass is 10.1. The first kappa shape index (κ1) is 36.9. The Morgan fingerprint density at radius 1 is 0.917 bits per heavy atom. The van der Waals surface area contributed by atoms with E-state index in [1.54, 1.807) is 11.9 Å². The van der Waals surface area contributed by atoms with Gasteiger partial charge in [0.1, 0.15) is 26.9 Å². The molecule has 1 aromatic heterocycles. The van der Waals surface area contributed by atoms with Crippen molar-refractivity contribution in [3.8, 4) is 5.75 Å². The van der Waals surface area contributed by atoms with Gasteiger partial charge in [-0.1, -0.05) is 0 Å². The molecule has 0 atom stereocenters. The molecule has 258 valence electrons. The van der Waals surface area contributed by atoms with Crippen molar-refractivity contribution in [3.63, 3.8) is 0 Å². The molecule has 4 aromatic rings. The van der Waals surface area contributed by atoms with Gasteiger partial charge >= 0.3 is 0 Å². The Morgan fingerprint density at radius 2 is 1.60 bits per heavy atom. The van der Waals surface area contributed by atoms with Crippen LogP contribution in [0.1, 0.15) is 0 Å². The lowest BCUT2D eigenvalue weighted by Gasteiger charge is -2.17. The zero-order valence-corrected chi connectivity index (χ0v) is 28.3. The second-order valence-electron chi connectivity index (χ2n) is 9.60. The molecule has 0 unspecified atom stereocenters. The number of aliphatic hydroxyl groups excluding tert-OH is 1. The summed E-state index contributed by atoms with van der Waals surface area (Å²) in [5, 5.41) is 28.8. The molecule has 48 heavy (non-hydrogen) atoms. The Morgan fingerprint density at radius 3 is 2.23 bits per heavy atom. The Bertz CT molecular complexity index is 2260. The zero-order chi connectivity index (χ0) is 35.6. The molecule has 19 nitrogen and oxygen atoms in total. The van der Waals surface area contributed by atoms with Crippen molar-refractivity contribution in [1.29, 1.82) is 0 Å². The van der Waals surface area contributed by atoms with Crippen molar-refractivity contribution < 1.29 is 49.1 Å². The number of thioether (sulfide) groups is 1. The van der Waals surface area contributed by atoms with Crippen molar-refractivity contribution in [2.45, 2.75) is 14.7 Å². The first-order chi connectivity index (χ1) is 22.3. The van der Waals surface area contributed by atoms with Crippen molar-refractivity contribution in [2.75, 3.05) is 47.7 Å². The lowest BCUT2D eigenvalue weighted by Crippen LogP contribution is -2.23. The number of hydrogen-bond acceptors (Lipinski definition) is 17. The highest BCUT2D eigenvalue weighted by Gasteiger charge is 2.25. The molecule has 0 aliphatic rings. The summed E-state index contributed by atoms with van der Waals surface area (Å²) in [6, 6.07) is 5.37. The smallest absolute Gasteiger partial charge is 0.296 e. The molecule has 0 amide bonds. The summed E-state index contributed by atoms with van der Waals surface area (Å²) in [6.07, 6.45) is 0. The van der Waals surface area contributed by atoms with Gasteiger partial charge in [0.25, 0.3) is 30.4 Å². The van der Waals surface area contributed by atoms with Crippen LogP contribution in [0.2, 0.25) is 5.28 Å². The van der Waals surface area contributed by atoms with Gasteiger partial charge in [0.15, 0.2) is 0 Å². The maximum atomic E-state index is 12.3. The Hall–Kier alpha value is -3.94. The van der Waals surface area contributed by atoms with Crippen molar-refractivity contribution in [1.82, 2.24) is 15.0 Å². The third-order valence-electron chi connectivity index (χ3n) is 6.24. The quantitative estimate of drug-likeness (QED) is 0.0445. The van der Waals surface area contributed by atoms with Crippen LogP contribution >= 0.6 is 23.4 Å². The lowest BCUT2D eigenvalue weighted by molar-refractivity contribution is 0.322. The number of rotatable bonds is 13. The molecule has 0 saturated heterocycles. The Balaban J connectivity index is 1.77.